The topological polar surface area (TPSA) is 3.24 Å². The number of rotatable bonds is 7. The van der Waals surface area contributed by atoms with E-state index in [0.29, 0.717) is 6.04 Å². The van der Waals surface area contributed by atoms with Gasteiger partial charge in [-0.15, -0.1) is 0 Å². The van der Waals surface area contributed by atoms with Gasteiger partial charge in [0.05, 0.1) is 0 Å². The van der Waals surface area contributed by atoms with Gasteiger partial charge in [-0.25, -0.2) is 0 Å². The Morgan fingerprint density at radius 3 is 2.50 bits per heavy atom. The normalized spacial score (nSPS) is 16.5. The van der Waals surface area contributed by atoms with Crippen molar-refractivity contribution in [3.8, 4) is 0 Å². The minimum atomic E-state index is -3.02. The number of unbranched alkanes of at least 4 members (excludes halogenated alkanes) is 1. The van der Waals surface area contributed by atoms with Crippen LogP contribution in [0.4, 0.5) is 0 Å². The summed E-state index contributed by atoms with van der Waals surface area (Å²) in [5, 5.41) is 0. The van der Waals surface area contributed by atoms with Gasteiger partial charge in [0.25, 0.3) is 0 Å². The second-order valence-corrected chi connectivity index (χ2v) is 2.98. The Kier molecular flexibility index (Phi) is 4.21. The Morgan fingerprint density at radius 1 is 1.30 bits per heavy atom. The average molecular weight is 165 g/mol. The van der Waals surface area contributed by atoms with E-state index in [4.69, 9.17) is 3.70 Å². The first-order valence-electron chi connectivity index (χ1n) is 5.72. The van der Waals surface area contributed by atoms with Crippen LogP contribution in [0.15, 0.2) is 0 Å². The fraction of sp³-hybridized carbons (Fsp3) is 1.00. The maximum Gasteiger partial charge on any atom is 0.00729 e. The molecule has 0 atom stereocenters. The molecule has 0 fully saturated rings. The van der Waals surface area contributed by atoms with Gasteiger partial charge in [-0.3, -0.25) is 0 Å². The molecule has 0 radical (unpaired) electrons. The van der Waals surface area contributed by atoms with Crippen molar-refractivity contribution < 1.29 is 0 Å². The predicted octanol–water partition coefficient (Wildman–Crippen LogP) is 0.892. The summed E-state index contributed by atoms with van der Waals surface area (Å²) in [5.74, 6) is 0. The lowest BCUT2D eigenvalue weighted by Gasteiger charge is -2.16. The lowest BCUT2D eigenvalue weighted by atomic mass is 10.3. The van der Waals surface area contributed by atoms with Gasteiger partial charge in [0.15, 0.2) is 0 Å². The third-order valence-corrected chi connectivity index (χ3v) is 2.15. The minimum absolute atomic E-state index is 0.494. The third-order valence-electron chi connectivity index (χ3n) is 1.80. The van der Waals surface area contributed by atoms with Gasteiger partial charge in [0, 0.05) is 13.7 Å². The highest BCUT2D eigenvalue weighted by atomic mass is 28.1. The van der Waals surface area contributed by atoms with Crippen molar-refractivity contribution >= 4 is 10.0 Å². The van der Waals surface area contributed by atoms with Crippen LogP contribution < -0.4 is 0 Å². The van der Waals surface area contributed by atoms with Crippen molar-refractivity contribution in [2.24, 2.45) is 0 Å². The highest BCUT2D eigenvalue weighted by Crippen LogP contribution is 1.96. The smallest absolute Gasteiger partial charge is 0.00729 e. The number of hydrogen-bond donors (Lipinski definition) is 0. The van der Waals surface area contributed by atoms with Crippen LogP contribution in [0.3, 0.4) is 0 Å². The molecule has 0 saturated heterocycles. The Bertz CT molecular complexity index is 123. The predicted molar refractivity (Wildman–Crippen MR) is 51.8 cm³/mol. The fourth-order valence-corrected chi connectivity index (χ4v) is 1.25. The highest BCUT2D eigenvalue weighted by molar-refractivity contribution is 6.08. The maximum atomic E-state index is 7.17. The molecule has 0 N–H and O–H groups in total. The lowest BCUT2D eigenvalue weighted by Crippen LogP contribution is -2.23. The highest BCUT2D eigenvalue weighted by Gasteiger charge is 1.95. The van der Waals surface area contributed by atoms with Crippen molar-refractivity contribution in [2.45, 2.75) is 32.7 Å². The molecule has 10 heavy (non-hydrogen) atoms. The summed E-state index contributed by atoms with van der Waals surface area (Å²) in [6.45, 7) is 7.48. The van der Waals surface area contributed by atoms with E-state index in [2.05, 4.69) is 18.7 Å². The first-order valence-corrected chi connectivity index (χ1v) is 4.92. The van der Waals surface area contributed by atoms with E-state index in [1.54, 1.807) is 0 Å². The van der Waals surface area contributed by atoms with E-state index in [0.717, 1.165) is 32.5 Å². The van der Waals surface area contributed by atoms with Gasteiger partial charge in [-0.05, 0) is 26.1 Å². The van der Waals surface area contributed by atoms with E-state index in [1.807, 2.05) is 0 Å². The molecular weight excluding hydrogens is 138 g/mol. The van der Waals surface area contributed by atoms with Crippen molar-refractivity contribution in [1.82, 2.24) is 4.90 Å². The summed E-state index contributed by atoms with van der Waals surface area (Å²) in [5.41, 5.74) is 0. The summed E-state index contributed by atoms with van der Waals surface area (Å²) < 4.78 is 21.5. The van der Waals surface area contributed by atoms with Gasteiger partial charge in [0.1, 0.15) is 0 Å². The van der Waals surface area contributed by atoms with Crippen LogP contribution in [0.1, 0.15) is 26.7 Å². The van der Waals surface area contributed by atoms with Crippen LogP contribution in [0.25, 0.3) is 0 Å². The molecule has 0 aromatic rings. The first kappa shape index (κ1) is 5.78. The van der Waals surface area contributed by atoms with E-state index in [9.17, 15) is 0 Å². The van der Waals surface area contributed by atoms with E-state index in [-0.39, 0.29) is 0 Å². The van der Waals surface area contributed by atoms with Crippen LogP contribution in [-0.2, 0) is 0 Å². The van der Waals surface area contributed by atoms with Gasteiger partial charge in [-0.1, -0.05) is 26.3 Å². The molecule has 2 heteroatoms. The molecule has 0 rings (SSSR count). The van der Waals surface area contributed by atoms with Gasteiger partial charge >= 0.3 is 0 Å². The van der Waals surface area contributed by atoms with Crippen molar-refractivity contribution in [1.29, 1.82) is 3.70 Å². The molecule has 0 aromatic heterocycles. The standard InChI is InChI=1S/C8H21NSi/c1-3-9(4-2)7-5-6-8-10/h3-8H2,1-2,10H3/i10T3. The summed E-state index contributed by atoms with van der Waals surface area (Å²) >= 11 is 0. The molecule has 0 aliphatic carbocycles. The molecule has 0 saturated carbocycles. The molecule has 0 aliphatic heterocycles. The third kappa shape index (κ3) is 5.00. The fourth-order valence-electron chi connectivity index (χ4n) is 1.00. The average Bonchev–Trinajstić information content (AvgIpc) is 2.03. The minimum Gasteiger partial charge on any atom is -0.304 e. The molecule has 0 bridgehead atoms. The van der Waals surface area contributed by atoms with E-state index in [1.165, 1.54) is 0 Å². The Hall–Kier alpha value is 0.177. The Labute approximate surface area is 71.9 Å². The molecular formula is C8H21NSi. The first-order chi connectivity index (χ1) is 5.99. The zero-order valence-electron chi connectivity index (χ0n) is 10.2. The van der Waals surface area contributed by atoms with Crippen LogP contribution in [0.5, 0.6) is 0 Å². The summed E-state index contributed by atoms with van der Waals surface area (Å²) in [4.78, 5) is 2.33. The van der Waals surface area contributed by atoms with Gasteiger partial charge in [0.2, 0.25) is 0 Å². The molecule has 0 unspecified atom stereocenters. The largest absolute Gasteiger partial charge is 0.304 e. The van der Waals surface area contributed by atoms with Crippen molar-refractivity contribution in [3.63, 3.8) is 0 Å². The molecule has 0 heterocycles. The monoisotopic (exact) mass is 165 g/mol. The molecule has 0 aliphatic rings. The molecule has 0 aromatic carbocycles. The van der Waals surface area contributed by atoms with Crippen LogP contribution in [0.2, 0.25) is 6.04 Å². The Balaban J connectivity index is 3.34. The SMILES string of the molecule is [3H][Si]([3H])([3H])CCCCN(CC)CC. The molecule has 0 spiro atoms. The summed E-state index contributed by atoms with van der Waals surface area (Å²) in [6, 6.07) is 0.494. The van der Waals surface area contributed by atoms with Crippen LogP contribution >= 0.6 is 0 Å². The Morgan fingerprint density at radius 2 is 2.00 bits per heavy atom. The van der Waals surface area contributed by atoms with E-state index < -0.39 is 10.0 Å². The summed E-state index contributed by atoms with van der Waals surface area (Å²) in [7, 11) is -3.02. The van der Waals surface area contributed by atoms with Crippen molar-refractivity contribution in [3.05, 3.63) is 0 Å². The zero-order chi connectivity index (χ0) is 10.3. The second-order valence-electron chi connectivity index (χ2n) is 2.48. The quantitative estimate of drug-likeness (QED) is 0.400. The number of hydrogen-bond acceptors (Lipinski definition) is 1. The lowest BCUT2D eigenvalue weighted by molar-refractivity contribution is 0.299. The van der Waals surface area contributed by atoms with Gasteiger partial charge in [-0.2, -0.15) is 0 Å². The summed E-state index contributed by atoms with van der Waals surface area (Å²) in [6.07, 6.45) is 1.91. The molecule has 62 valence electrons. The second kappa shape index (κ2) is 7.29. The van der Waals surface area contributed by atoms with Crippen molar-refractivity contribution in [2.75, 3.05) is 19.6 Å². The van der Waals surface area contributed by atoms with Gasteiger partial charge < -0.3 is 4.90 Å². The molecule has 0 amide bonds. The van der Waals surface area contributed by atoms with Crippen LogP contribution in [0, 0.1) is 0 Å². The van der Waals surface area contributed by atoms with E-state index >= 15 is 0 Å². The van der Waals surface area contributed by atoms with Crippen LogP contribution in [-0.4, -0.2) is 38.3 Å². The maximum absolute atomic E-state index is 7.17. The zero-order valence-corrected chi connectivity index (χ0v) is 8.19. The number of nitrogens with zero attached hydrogens (tertiary/aromatic N) is 1. The molecule has 1 nitrogen and oxygen atoms in total.